The van der Waals surface area contributed by atoms with Crippen molar-refractivity contribution in [1.82, 2.24) is 9.80 Å². The van der Waals surface area contributed by atoms with Crippen molar-refractivity contribution in [2.45, 2.75) is 30.7 Å². The van der Waals surface area contributed by atoms with Gasteiger partial charge in [-0.3, -0.25) is 9.69 Å². The molecule has 2 fully saturated rings. The van der Waals surface area contributed by atoms with Crippen LogP contribution in [0, 0.1) is 0 Å². The van der Waals surface area contributed by atoms with Crippen molar-refractivity contribution >= 4 is 40.9 Å². The highest BCUT2D eigenvalue weighted by atomic mass is 35.5. The topological polar surface area (TPSA) is 23.6 Å². The number of hydrogen-bond donors (Lipinski definition) is 0. The van der Waals surface area contributed by atoms with Crippen LogP contribution >= 0.6 is 35.0 Å². The lowest BCUT2D eigenvalue weighted by molar-refractivity contribution is -0.143. The molecule has 0 N–H and O–H groups in total. The first-order chi connectivity index (χ1) is 16.8. The maximum atomic E-state index is 13.3. The Bertz CT molecular complexity index is 1090. The number of nitrogens with zero attached hydrogens (tertiary/aromatic N) is 2. The molecular weight excluding hydrogens is 549 g/mol. The highest BCUT2D eigenvalue weighted by Crippen LogP contribution is 2.38. The van der Waals surface area contributed by atoms with E-state index < -0.39 is 35.0 Å². The van der Waals surface area contributed by atoms with Crippen LogP contribution in [-0.4, -0.2) is 59.4 Å². The number of benzene rings is 2. The minimum atomic E-state index is -5.03. The molecule has 4 rings (SSSR count). The SMILES string of the molecule is O=C(c1cc(C(F)(F)F)cc(C(F)(F)F)c1)N1CC[C@H](N2CCSCC2)[C@H](c2ccc(Cl)c(Cl)c2)C1. The number of carbonyl (C=O) groups is 1. The third-order valence-electron chi connectivity index (χ3n) is 6.58. The summed E-state index contributed by atoms with van der Waals surface area (Å²) in [6, 6.07) is 6.19. The Morgan fingerprint density at radius 2 is 1.47 bits per heavy atom. The molecule has 1 amide bonds. The Hall–Kier alpha value is -1.62. The van der Waals surface area contributed by atoms with Crippen molar-refractivity contribution in [3.05, 3.63) is 68.7 Å². The van der Waals surface area contributed by atoms with Gasteiger partial charge in [-0.15, -0.1) is 0 Å². The van der Waals surface area contributed by atoms with Crippen LogP contribution in [0.5, 0.6) is 0 Å². The molecule has 2 heterocycles. The molecule has 0 bridgehead atoms. The van der Waals surface area contributed by atoms with Gasteiger partial charge in [0, 0.05) is 55.2 Å². The monoisotopic (exact) mass is 570 g/mol. The van der Waals surface area contributed by atoms with Gasteiger partial charge in [-0.1, -0.05) is 29.3 Å². The Kier molecular flexibility index (Phi) is 8.09. The third-order valence-corrected chi connectivity index (χ3v) is 8.27. The number of likely N-dealkylation sites (tertiary alicyclic amines) is 1. The predicted octanol–water partition coefficient (Wildman–Crippen LogP) is 7.08. The van der Waals surface area contributed by atoms with Crippen molar-refractivity contribution in [2.75, 3.05) is 37.7 Å². The van der Waals surface area contributed by atoms with E-state index in [4.69, 9.17) is 23.2 Å². The highest BCUT2D eigenvalue weighted by molar-refractivity contribution is 7.99. The number of piperidine rings is 1. The van der Waals surface area contributed by atoms with Crippen molar-refractivity contribution < 1.29 is 31.1 Å². The van der Waals surface area contributed by atoms with Crippen LogP contribution < -0.4 is 0 Å². The molecule has 2 saturated heterocycles. The van der Waals surface area contributed by atoms with Gasteiger partial charge in [-0.25, -0.2) is 0 Å². The summed E-state index contributed by atoms with van der Waals surface area (Å²) in [5.74, 6) is 0.799. The molecule has 12 heteroatoms. The fraction of sp³-hybridized carbons (Fsp3) is 0.458. The van der Waals surface area contributed by atoms with Crippen molar-refractivity contribution in [3.8, 4) is 0 Å². The van der Waals surface area contributed by atoms with Crippen molar-refractivity contribution in [3.63, 3.8) is 0 Å². The van der Waals surface area contributed by atoms with Gasteiger partial charge < -0.3 is 4.90 Å². The molecule has 2 aliphatic heterocycles. The summed E-state index contributed by atoms with van der Waals surface area (Å²) in [6.07, 6.45) is -9.54. The van der Waals surface area contributed by atoms with Crippen molar-refractivity contribution in [2.24, 2.45) is 0 Å². The first kappa shape index (κ1) is 27.4. The number of thioether (sulfide) groups is 1. The van der Waals surface area contributed by atoms with E-state index in [0.717, 1.165) is 30.2 Å². The summed E-state index contributed by atoms with van der Waals surface area (Å²) >= 11 is 14.2. The van der Waals surface area contributed by atoms with Gasteiger partial charge >= 0.3 is 12.4 Å². The van der Waals surface area contributed by atoms with Gasteiger partial charge in [-0.2, -0.15) is 38.1 Å². The second-order valence-electron chi connectivity index (χ2n) is 8.83. The van der Waals surface area contributed by atoms with Gasteiger partial charge in [0.25, 0.3) is 5.91 Å². The van der Waals surface area contributed by atoms with Gasteiger partial charge in [0.1, 0.15) is 0 Å². The third kappa shape index (κ3) is 6.09. The number of carbonyl (C=O) groups excluding carboxylic acids is 1. The number of amides is 1. The van der Waals surface area contributed by atoms with Crippen LogP contribution in [0.2, 0.25) is 10.0 Å². The average Bonchev–Trinajstić information content (AvgIpc) is 2.84. The summed E-state index contributed by atoms with van der Waals surface area (Å²) in [7, 11) is 0. The normalized spacial score (nSPS) is 22.1. The summed E-state index contributed by atoms with van der Waals surface area (Å²) < 4.78 is 80.0. The fourth-order valence-electron chi connectivity index (χ4n) is 4.80. The second kappa shape index (κ2) is 10.6. The maximum Gasteiger partial charge on any atom is 0.416 e. The van der Waals surface area contributed by atoms with Gasteiger partial charge in [-0.05, 0) is 42.3 Å². The molecular formula is C24H22Cl2F6N2OS. The maximum absolute atomic E-state index is 13.3. The predicted molar refractivity (Wildman–Crippen MR) is 129 cm³/mol. The minimum Gasteiger partial charge on any atom is -0.338 e. The van der Waals surface area contributed by atoms with Gasteiger partial charge in [0.05, 0.1) is 21.2 Å². The second-order valence-corrected chi connectivity index (χ2v) is 10.9. The van der Waals surface area contributed by atoms with E-state index in [1.165, 1.54) is 4.90 Å². The van der Waals surface area contributed by atoms with Gasteiger partial charge in [0.15, 0.2) is 0 Å². The summed E-state index contributed by atoms with van der Waals surface area (Å²) in [5, 5.41) is 0.692. The highest BCUT2D eigenvalue weighted by Gasteiger charge is 2.40. The quantitative estimate of drug-likeness (QED) is 0.368. The van der Waals surface area contributed by atoms with Crippen LogP contribution in [0.1, 0.15) is 39.4 Å². The molecule has 0 saturated carbocycles. The van der Waals surface area contributed by atoms with E-state index in [2.05, 4.69) is 4.90 Å². The summed E-state index contributed by atoms with van der Waals surface area (Å²) in [4.78, 5) is 16.9. The van der Waals surface area contributed by atoms with E-state index >= 15 is 0 Å². The number of rotatable bonds is 3. The van der Waals surface area contributed by atoms with Crippen LogP contribution in [0.15, 0.2) is 36.4 Å². The van der Waals surface area contributed by atoms with Crippen LogP contribution in [0.25, 0.3) is 0 Å². The average molecular weight is 571 g/mol. The standard InChI is InChI=1S/C24H22Cl2F6N2OS/c25-19-2-1-14(11-20(19)26)18-13-34(4-3-21(18)33-5-7-36-8-6-33)22(35)15-9-16(23(27,28)29)12-17(10-15)24(30,31)32/h1-2,9-12,18,21H,3-8,13H2/t18-,21-/m0/s1. The molecule has 0 radical (unpaired) electrons. The largest absolute Gasteiger partial charge is 0.416 e. The zero-order valence-corrected chi connectivity index (χ0v) is 21.1. The Morgan fingerprint density at radius 1 is 0.861 bits per heavy atom. The molecule has 196 valence electrons. The van der Waals surface area contributed by atoms with E-state index in [-0.39, 0.29) is 31.1 Å². The smallest absolute Gasteiger partial charge is 0.338 e. The van der Waals surface area contributed by atoms with E-state index in [9.17, 15) is 31.1 Å². The lowest BCUT2D eigenvalue weighted by Crippen LogP contribution is -2.53. The molecule has 36 heavy (non-hydrogen) atoms. The van der Waals surface area contributed by atoms with E-state index in [1.54, 1.807) is 18.2 Å². The molecule has 0 spiro atoms. The van der Waals surface area contributed by atoms with E-state index in [0.29, 0.717) is 28.6 Å². The van der Waals surface area contributed by atoms with E-state index in [1.807, 2.05) is 11.8 Å². The molecule has 2 atom stereocenters. The number of halogens is 8. The summed E-state index contributed by atoms with van der Waals surface area (Å²) in [5.41, 5.74) is -2.85. The lowest BCUT2D eigenvalue weighted by Gasteiger charge is -2.45. The first-order valence-electron chi connectivity index (χ1n) is 11.2. The zero-order chi connectivity index (χ0) is 26.3. The van der Waals surface area contributed by atoms with Crippen LogP contribution in [-0.2, 0) is 12.4 Å². The Balaban J connectivity index is 1.67. The molecule has 3 nitrogen and oxygen atoms in total. The lowest BCUT2D eigenvalue weighted by atomic mass is 9.84. The van der Waals surface area contributed by atoms with Gasteiger partial charge in [0.2, 0.25) is 0 Å². The summed E-state index contributed by atoms with van der Waals surface area (Å²) in [6.45, 7) is 2.04. The fourth-order valence-corrected chi connectivity index (χ4v) is 6.04. The molecule has 0 aromatic heterocycles. The Morgan fingerprint density at radius 3 is 2.03 bits per heavy atom. The molecule has 2 aromatic rings. The first-order valence-corrected chi connectivity index (χ1v) is 13.1. The molecule has 2 aromatic carbocycles. The Labute approximate surface area is 218 Å². The zero-order valence-electron chi connectivity index (χ0n) is 18.8. The number of alkyl halides is 6. The molecule has 0 aliphatic carbocycles. The van der Waals surface area contributed by atoms with Crippen molar-refractivity contribution in [1.29, 1.82) is 0 Å². The number of hydrogen-bond acceptors (Lipinski definition) is 3. The van der Waals surface area contributed by atoms with Crippen LogP contribution in [0.3, 0.4) is 0 Å². The molecule has 2 aliphatic rings. The van der Waals surface area contributed by atoms with Crippen LogP contribution in [0.4, 0.5) is 26.3 Å². The molecule has 0 unspecified atom stereocenters. The minimum absolute atomic E-state index is 0.0237.